The molecule has 0 saturated heterocycles. The van der Waals surface area contributed by atoms with Crippen LogP contribution in [0.15, 0.2) is 18.2 Å². The van der Waals surface area contributed by atoms with Gasteiger partial charge >= 0.3 is 23.9 Å². The van der Waals surface area contributed by atoms with Gasteiger partial charge in [0, 0.05) is 0 Å². The van der Waals surface area contributed by atoms with Gasteiger partial charge in [0.1, 0.15) is 18.8 Å². The van der Waals surface area contributed by atoms with Crippen LogP contribution in [0.2, 0.25) is 0 Å². The number of rotatable bonds is 13. The molecule has 0 heterocycles. The van der Waals surface area contributed by atoms with Gasteiger partial charge in [0.15, 0.2) is 11.5 Å². The highest BCUT2D eigenvalue weighted by molar-refractivity contribution is 5.79. The molecule has 2 N–H and O–H groups in total. The van der Waals surface area contributed by atoms with Crippen molar-refractivity contribution >= 4 is 23.9 Å². The van der Waals surface area contributed by atoms with E-state index in [1.807, 2.05) is 48.5 Å². The first-order chi connectivity index (χ1) is 17.9. The summed E-state index contributed by atoms with van der Waals surface area (Å²) in [7, 11) is 0. The SMILES string of the molecule is CC(C)C(C)C(=O)Oc1ccc(C[C@H](N)C(=O)OC[C@H](C)OC(=O)CC(C)(C)C)cc1OC(=O)C(C)C(C)C. The molecule has 1 rings (SSSR count). The lowest BCUT2D eigenvalue weighted by atomic mass is 9.92. The van der Waals surface area contributed by atoms with E-state index in [4.69, 9.17) is 24.7 Å². The molecule has 0 radical (unpaired) electrons. The molecular formula is C30H47NO8. The number of benzene rings is 1. The molecule has 0 amide bonds. The second-order valence-corrected chi connectivity index (χ2v) is 12.2. The fraction of sp³-hybridized carbons (Fsp3) is 0.667. The van der Waals surface area contributed by atoms with Crippen molar-refractivity contribution in [2.24, 2.45) is 34.8 Å². The van der Waals surface area contributed by atoms with Crippen molar-refractivity contribution in [3.8, 4) is 11.5 Å². The largest absolute Gasteiger partial charge is 0.461 e. The van der Waals surface area contributed by atoms with E-state index in [1.54, 1.807) is 26.8 Å². The monoisotopic (exact) mass is 549 g/mol. The lowest BCUT2D eigenvalue weighted by Crippen LogP contribution is -2.36. The molecule has 2 unspecified atom stereocenters. The normalized spacial score (nSPS) is 14.8. The Morgan fingerprint density at radius 2 is 1.31 bits per heavy atom. The molecule has 0 aromatic heterocycles. The highest BCUT2D eigenvalue weighted by atomic mass is 16.6. The summed E-state index contributed by atoms with van der Waals surface area (Å²) in [5, 5.41) is 0. The standard InChI is InChI=1S/C30H47NO8/c1-17(2)20(6)27(33)38-24-12-11-22(14-25(24)39-28(34)21(7)18(3)4)13-23(31)29(35)36-16-19(5)37-26(32)15-30(8,9)10/h11-12,14,17-21,23H,13,15-16,31H2,1-10H3/t19-,20?,21?,23-/m0/s1. The van der Waals surface area contributed by atoms with Gasteiger partial charge in [-0.3, -0.25) is 19.2 Å². The molecule has 1 aromatic rings. The fourth-order valence-corrected chi connectivity index (χ4v) is 3.17. The summed E-state index contributed by atoms with van der Waals surface area (Å²) in [6.45, 7) is 18.5. The minimum Gasteiger partial charge on any atom is -0.461 e. The summed E-state index contributed by atoms with van der Waals surface area (Å²) in [5.41, 5.74) is 6.45. The lowest BCUT2D eigenvalue weighted by molar-refractivity contribution is -0.160. The van der Waals surface area contributed by atoms with E-state index in [2.05, 4.69) is 0 Å². The topological polar surface area (TPSA) is 131 Å². The molecule has 0 fully saturated rings. The molecule has 0 saturated carbocycles. The average Bonchev–Trinajstić information content (AvgIpc) is 2.81. The zero-order chi connectivity index (χ0) is 30.1. The van der Waals surface area contributed by atoms with Gasteiger partial charge in [-0.05, 0) is 48.3 Å². The number of hydrogen-bond acceptors (Lipinski definition) is 9. The van der Waals surface area contributed by atoms with Crippen molar-refractivity contribution in [1.82, 2.24) is 0 Å². The van der Waals surface area contributed by atoms with Crippen LogP contribution >= 0.6 is 0 Å². The van der Waals surface area contributed by atoms with Gasteiger partial charge < -0.3 is 24.7 Å². The molecule has 0 aliphatic heterocycles. The van der Waals surface area contributed by atoms with Gasteiger partial charge in [0.05, 0.1) is 18.3 Å². The third-order valence-corrected chi connectivity index (χ3v) is 6.40. The van der Waals surface area contributed by atoms with Crippen LogP contribution in [0.5, 0.6) is 11.5 Å². The highest BCUT2D eigenvalue weighted by Crippen LogP contribution is 2.31. The molecule has 0 spiro atoms. The number of nitrogens with two attached hydrogens (primary N) is 1. The Bertz CT molecular complexity index is 995. The number of ether oxygens (including phenoxy) is 4. The van der Waals surface area contributed by atoms with Crippen LogP contribution in [0.4, 0.5) is 0 Å². The Hall–Kier alpha value is -2.94. The van der Waals surface area contributed by atoms with Gasteiger partial charge in [-0.1, -0.05) is 68.4 Å². The summed E-state index contributed by atoms with van der Waals surface area (Å²) in [6.07, 6.45) is -0.292. The lowest BCUT2D eigenvalue weighted by Gasteiger charge is -2.20. The van der Waals surface area contributed by atoms with Gasteiger partial charge in [-0.2, -0.15) is 0 Å². The van der Waals surface area contributed by atoms with E-state index in [-0.39, 0.29) is 66.0 Å². The van der Waals surface area contributed by atoms with Gasteiger partial charge in [-0.25, -0.2) is 0 Å². The van der Waals surface area contributed by atoms with Crippen LogP contribution in [-0.4, -0.2) is 42.6 Å². The van der Waals surface area contributed by atoms with Crippen LogP contribution in [0.25, 0.3) is 0 Å². The molecule has 0 aliphatic rings. The Morgan fingerprint density at radius 1 is 0.795 bits per heavy atom. The molecule has 9 nitrogen and oxygen atoms in total. The van der Waals surface area contributed by atoms with E-state index < -0.39 is 30.1 Å². The molecule has 4 atom stereocenters. The zero-order valence-corrected chi connectivity index (χ0v) is 25.2. The van der Waals surface area contributed by atoms with E-state index in [0.717, 1.165) is 0 Å². The fourth-order valence-electron chi connectivity index (χ4n) is 3.17. The first-order valence-electron chi connectivity index (χ1n) is 13.6. The van der Waals surface area contributed by atoms with E-state index in [0.29, 0.717) is 5.56 Å². The van der Waals surface area contributed by atoms with Crippen molar-refractivity contribution < 1.29 is 38.1 Å². The van der Waals surface area contributed by atoms with Gasteiger partial charge in [-0.15, -0.1) is 0 Å². The molecule has 39 heavy (non-hydrogen) atoms. The van der Waals surface area contributed by atoms with Crippen LogP contribution in [-0.2, 0) is 35.1 Å². The summed E-state index contributed by atoms with van der Waals surface area (Å²) in [5.74, 6) is -2.38. The van der Waals surface area contributed by atoms with E-state index in [9.17, 15) is 19.2 Å². The maximum atomic E-state index is 12.7. The van der Waals surface area contributed by atoms with Crippen molar-refractivity contribution in [3.05, 3.63) is 23.8 Å². The molecule has 220 valence electrons. The predicted molar refractivity (Wildman–Crippen MR) is 148 cm³/mol. The third-order valence-electron chi connectivity index (χ3n) is 6.40. The molecule has 0 aliphatic carbocycles. The minimum atomic E-state index is -1.02. The molecule has 9 heteroatoms. The summed E-state index contributed by atoms with van der Waals surface area (Å²) < 4.78 is 21.7. The highest BCUT2D eigenvalue weighted by Gasteiger charge is 2.26. The smallest absolute Gasteiger partial charge is 0.323 e. The Kier molecular flexibility index (Phi) is 13.1. The predicted octanol–water partition coefficient (Wildman–Crippen LogP) is 4.86. The second kappa shape index (κ2) is 15.0. The maximum Gasteiger partial charge on any atom is 0.323 e. The summed E-state index contributed by atoms with van der Waals surface area (Å²) in [6, 6.07) is 3.70. The van der Waals surface area contributed by atoms with Crippen LogP contribution in [0.3, 0.4) is 0 Å². The molecule has 1 aromatic carbocycles. The number of carbonyl (C=O) groups excluding carboxylic acids is 4. The summed E-state index contributed by atoms with van der Waals surface area (Å²) >= 11 is 0. The second-order valence-electron chi connectivity index (χ2n) is 12.2. The van der Waals surface area contributed by atoms with Gasteiger partial charge in [0.2, 0.25) is 0 Å². The van der Waals surface area contributed by atoms with Gasteiger partial charge in [0.25, 0.3) is 0 Å². The number of hydrogen-bond donors (Lipinski definition) is 1. The first kappa shape index (κ1) is 34.1. The Labute approximate surface area is 233 Å². The summed E-state index contributed by atoms with van der Waals surface area (Å²) in [4.78, 5) is 49.7. The Balaban J connectivity index is 2.94. The van der Waals surface area contributed by atoms with Crippen LogP contribution in [0.1, 0.15) is 81.2 Å². The van der Waals surface area contributed by atoms with Crippen molar-refractivity contribution in [2.75, 3.05) is 6.61 Å². The first-order valence-corrected chi connectivity index (χ1v) is 13.6. The Morgan fingerprint density at radius 3 is 1.79 bits per heavy atom. The van der Waals surface area contributed by atoms with Crippen LogP contribution in [0, 0.1) is 29.1 Å². The van der Waals surface area contributed by atoms with Crippen molar-refractivity contribution in [2.45, 2.75) is 94.2 Å². The van der Waals surface area contributed by atoms with Crippen molar-refractivity contribution in [3.63, 3.8) is 0 Å². The van der Waals surface area contributed by atoms with E-state index in [1.165, 1.54) is 12.1 Å². The van der Waals surface area contributed by atoms with E-state index >= 15 is 0 Å². The van der Waals surface area contributed by atoms with Crippen molar-refractivity contribution in [1.29, 1.82) is 0 Å². The molecule has 0 bridgehead atoms. The maximum absolute atomic E-state index is 12.7. The zero-order valence-electron chi connectivity index (χ0n) is 25.2. The average molecular weight is 550 g/mol. The number of carbonyl (C=O) groups is 4. The molecular weight excluding hydrogens is 502 g/mol. The third kappa shape index (κ3) is 12.2. The quantitative estimate of drug-likeness (QED) is 0.270. The number of esters is 4. The van der Waals surface area contributed by atoms with Crippen LogP contribution < -0.4 is 15.2 Å². The minimum absolute atomic E-state index is 0.0472.